The molecule has 1 aliphatic carbocycles. The summed E-state index contributed by atoms with van der Waals surface area (Å²) in [6, 6.07) is 12.6. The molecule has 0 atom stereocenters. The highest BCUT2D eigenvalue weighted by molar-refractivity contribution is 7.85. The van der Waals surface area contributed by atoms with Crippen molar-refractivity contribution in [3.63, 3.8) is 0 Å². The normalized spacial score (nSPS) is 13.0. The Morgan fingerprint density at radius 1 is 0.867 bits per heavy atom. The van der Waals surface area contributed by atoms with Gasteiger partial charge in [0.15, 0.2) is 11.6 Å². The standard InChI is InChI=1S/C22H18N2O5S/c1-11-7-8-13(10-17(11)30(27,28)29)24-16-9-12(2)20(23)19-18(16)21(25)14-5-3-4-6-15(14)22(19)26/h3-10,24H,23H2,1-2H3,(H,27,28,29). The van der Waals surface area contributed by atoms with Gasteiger partial charge in [-0.1, -0.05) is 30.3 Å². The van der Waals surface area contributed by atoms with Gasteiger partial charge in [0, 0.05) is 22.5 Å². The molecule has 0 aliphatic heterocycles. The summed E-state index contributed by atoms with van der Waals surface area (Å²) in [5.74, 6) is -0.691. The van der Waals surface area contributed by atoms with Gasteiger partial charge in [-0.05, 0) is 43.2 Å². The van der Waals surface area contributed by atoms with Gasteiger partial charge in [-0.15, -0.1) is 0 Å². The van der Waals surface area contributed by atoms with Crippen LogP contribution in [0.1, 0.15) is 43.0 Å². The number of carbonyl (C=O) groups excluding carboxylic acids is 2. The zero-order valence-electron chi connectivity index (χ0n) is 16.2. The van der Waals surface area contributed by atoms with Crippen LogP contribution in [0.2, 0.25) is 0 Å². The fourth-order valence-corrected chi connectivity index (χ4v) is 4.41. The number of aryl methyl sites for hydroxylation is 2. The van der Waals surface area contributed by atoms with E-state index < -0.39 is 10.1 Å². The van der Waals surface area contributed by atoms with E-state index in [4.69, 9.17) is 5.73 Å². The number of hydrogen-bond acceptors (Lipinski definition) is 6. The van der Waals surface area contributed by atoms with Crippen molar-refractivity contribution < 1.29 is 22.6 Å². The van der Waals surface area contributed by atoms with Crippen molar-refractivity contribution in [1.82, 2.24) is 0 Å². The molecule has 1 aliphatic rings. The Kier molecular flexibility index (Phi) is 4.48. The Balaban J connectivity index is 1.91. The zero-order chi connectivity index (χ0) is 21.8. The monoisotopic (exact) mass is 422 g/mol. The number of ketones is 2. The summed E-state index contributed by atoms with van der Waals surface area (Å²) in [5, 5.41) is 3.02. The maximum Gasteiger partial charge on any atom is 0.294 e. The van der Waals surface area contributed by atoms with Crippen LogP contribution in [0.4, 0.5) is 17.1 Å². The molecule has 8 heteroatoms. The fourth-order valence-electron chi connectivity index (χ4n) is 3.66. The van der Waals surface area contributed by atoms with E-state index in [1.54, 1.807) is 50.2 Å². The van der Waals surface area contributed by atoms with E-state index in [9.17, 15) is 22.6 Å². The van der Waals surface area contributed by atoms with Crippen molar-refractivity contribution in [2.45, 2.75) is 18.7 Å². The summed E-state index contributed by atoms with van der Waals surface area (Å²) in [6.45, 7) is 3.28. The number of nitrogens with one attached hydrogen (secondary N) is 1. The average Bonchev–Trinajstić information content (AvgIpc) is 2.69. The first-order chi connectivity index (χ1) is 14.1. The number of benzene rings is 3. The Hall–Kier alpha value is -3.49. The molecule has 0 saturated heterocycles. The van der Waals surface area contributed by atoms with E-state index in [2.05, 4.69) is 5.32 Å². The maximum absolute atomic E-state index is 13.2. The van der Waals surface area contributed by atoms with Crippen LogP contribution in [0.25, 0.3) is 0 Å². The van der Waals surface area contributed by atoms with Gasteiger partial charge < -0.3 is 11.1 Å². The lowest BCUT2D eigenvalue weighted by Crippen LogP contribution is -2.24. The summed E-state index contributed by atoms with van der Waals surface area (Å²) < 4.78 is 32.7. The second kappa shape index (κ2) is 6.79. The highest BCUT2D eigenvalue weighted by atomic mass is 32.2. The van der Waals surface area contributed by atoms with E-state index in [-0.39, 0.29) is 38.8 Å². The number of nitrogens with two attached hydrogens (primary N) is 1. The van der Waals surface area contributed by atoms with Gasteiger partial charge in [0.2, 0.25) is 0 Å². The van der Waals surface area contributed by atoms with Crippen LogP contribution in [0.5, 0.6) is 0 Å². The molecule has 30 heavy (non-hydrogen) atoms. The van der Waals surface area contributed by atoms with Crippen molar-refractivity contribution in [2.75, 3.05) is 11.1 Å². The Labute approximate surface area is 173 Å². The summed E-state index contributed by atoms with van der Waals surface area (Å²) >= 11 is 0. The fraction of sp³-hybridized carbons (Fsp3) is 0.0909. The molecule has 3 aromatic carbocycles. The second-order valence-corrected chi connectivity index (χ2v) is 8.58. The maximum atomic E-state index is 13.2. The summed E-state index contributed by atoms with van der Waals surface area (Å²) in [5.41, 5.74) is 8.86. The molecule has 4 rings (SSSR count). The lowest BCUT2D eigenvalue weighted by Gasteiger charge is -2.23. The molecule has 0 amide bonds. The molecule has 3 aromatic rings. The molecule has 0 spiro atoms. The molecule has 0 saturated carbocycles. The quantitative estimate of drug-likeness (QED) is 0.340. The molecule has 7 nitrogen and oxygen atoms in total. The largest absolute Gasteiger partial charge is 0.398 e. The number of fused-ring (bicyclic) bond motifs is 2. The van der Waals surface area contributed by atoms with Gasteiger partial charge in [-0.25, -0.2) is 0 Å². The third kappa shape index (κ3) is 3.06. The van der Waals surface area contributed by atoms with Crippen molar-refractivity contribution in [3.05, 3.63) is 81.9 Å². The highest BCUT2D eigenvalue weighted by Crippen LogP contribution is 2.38. The van der Waals surface area contributed by atoms with Gasteiger partial charge in [0.25, 0.3) is 10.1 Å². The first kappa shape index (κ1) is 19.8. The molecular formula is C22H18N2O5S. The van der Waals surface area contributed by atoms with Crippen LogP contribution in [-0.2, 0) is 10.1 Å². The molecule has 0 fully saturated rings. The van der Waals surface area contributed by atoms with Crippen LogP contribution >= 0.6 is 0 Å². The molecule has 0 bridgehead atoms. The van der Waals surface area contributed by atoms with E-state index in [0.29, 0.717) is 28.1 Å². The molecule has 0 heterocycles. The third-order valence-corrected chi connectivity index (χ3v) is 6.19. The van der Waals surface area contributed by atoms with Crippen molar-refractivity contribution in [3.8, 4) is 0 Å². The van der Waals surface area contributed by atoms with Crippen molar-refractivity contribution in [1.29, 1.82) is 0 Å². The minimum Gasteiger partial charge on any atom is -0.398 e. The molecule has 0 unspecified atom stereocenters. The predicted molar refractivity (Wildman–Crippen MR) is 113 cm³/mol. The lowest BCUT2D eigenvalue weighted by atomic mass is 9.81. The zero-order valence-corrected chi connectivity index (χ0v) is 17.0. The van der Waals surface area contributed by atoms with Gasteiger partial charge in [0.1, 0.15) is 0 Å². The van der Waals surface area contributed by atoms with Crippen LogP contribution < -0.4 is 11.1 Å². The molecular weight excluding hydrogens is 404 g/mol. The van der Waals surface area contributed by atoms with Crippen LogP contribution in [0.15, 0.2) is 53.4 Å². The van der Waals surface area contributed by atoms with E-state index in [0.717, 1.165) is 0 Å². The van der Waals surface area contributed by atoms with E-state index in [1.807, 2.05) is 0 Å². The number of nitrogen functional groups attached to an aromatic ring is 1. The summed E-state index contributed by atoms with van der Waals surface area (Å²) in [7, 11) is -4.42. The summed E-state index contributed by atoms with van der Waals surface area (Å²) in [4.78, 5) is 26.1. The second-order valence-electron chi connectivity index (χ2n) is 7.19. The first-order valence-electron chi connectivity index (χ1n) is 9.06. The van der Waals surface area contributed by atoms with Crippen molar-refractivity contribution in [2.24, 2.45) is 0 Å². The Morgan fingerprint density at radius 2 is 1.47 bits per heavy atom. The highest BCUT2D eigenvalue weighted by Gasteiger charge is 2.34. The smallest absolute Gasteiger partial charge is 0.294 e. The minimum atomic E-state index is -4.42. The van der Waals surface area contributed by atoms with E-state index >= 15 is 0 Å². The third-order valence-electron chi connectivity index (χ3n) is 5.19. The molecule has 4 N–H and O–H groups in total. The number of rotatable bonds is 3. The molecule has 0 aromatic heterocycles. The number of carbonyl (C=O) groups is 2. The van der Waals surface area contributed by atoms with Crippen molar-refractivity contribution >= 4 is 38.7 Å². The Morgan fingerprint density at radius 3 is 2.07 bits per heavy atom. The minimum absolute atomic E-state index is 0.128. The Bertz CT molecular complexity index is 1360. The van der Waals surface area contributed by atoms with Gasteiger partial charge in [0.05, 0.1) is 21.7 Å². The number of hydrogen-bond donors (Lipinski definition) is 3. The van der Waals surface area contributed by atoms with Gasteiger partial charge in [-0.3, -0.25) is 14.1 Å². The van der Waals surface area contributed by atoms with Gasteiger partial charge >= 0.3 is 0 Å². The van der Waals surface area contributed by atoms with Crippen LogP contribution in [0, 0.1) is 13.8 Å². The topological polar surface area (TPSA) is 127 Å². The molecule has 152 valence electrons. The number of anilines is 3. The lowest BCUT2D eigenvalue weighted by molar-refractivity contribution is 0.0980. The average molecular weight is 422 g/mol. The van der Waals surface area contributed by atoms with Gasteiger partial charge in [-0.2, -0.15) is 8.42 Å². The predicted octanol–water partition coefficient (Wildman–Crippen LogP) is 3.65. The van der Waals surface area contributed by atoms with E-state index in [1.165, 1.54) is 12.1 Å². The first-order valence-corrected chi connectivity index (χ1v) is 10.5. The molecule has 0 radical (unpaired) electrons. The summed E-state index contributed by atoms with van der Waals surface area (Å²) in [6.07, 6.45) is 0. The van der Waals surface area contributed by atoms with Crippen LogP contribution in [0.3, 0.4) is 0 Å². The van der Waals surface area contributed by atoms with Crippen LogP contribution in [-0.4, -0.2) is 24.5 Å². The SMILES string of the molecule is Cc1ccc(Nc2cc(C)c(N)c3c2C(=O)c2ccccc2C3=O)cc1S(=O)(=O)O.